The number of benzene rings is 2. The molecule has 1 aliphatic carbocycles. The van der Waals surface area contributed by atoms with Crippen LogP contribution in [0.4, 0.5) is 0 Å². The summed E-state index contributed by atoms with van der Waals surface area (Å²) in [5.74, 6) is -0.128. The molecule has 0 bridgehead atoms. The zero-order chi connectivity index (χ0) is 18.0. The Morgan fingerprint density at radius 3 is 2.58 bits per heavy atom. The van der Waals surface area contributed by atoms with Crippen molar-refractivity contribution in [1.29, 1.82) is 0 Å². The average molecular weight is 368 g/mol. The van der Waals surface area contributed by atoms with Crippen molar-refractivity contribution in [2.24, 2.45) is 0 Å². The van der Waals surface area contributed by atoms with Crippen LogP contribution in [-0.4, -0.2) is 32.7 Å². The standard InChI is InChI=1S/C19H18ClN5O/c20-15-8-6-14(7-9-15)19(10-3-11-19)12-21-18(26)16-4-1-2-5-17(16)25-13-22-23-24-25/h1-2,4-9,13H,3,10-12H2,(H,21,26). The van der Waals surface area contributed by atoms with E-state index in [1.54, 1.807) is 6.07 Å². The van der Waals surface area contributed by atoms with Gasteiger partial charge in [-0.2, -0.15) is 4.68 Å². The van der Waals surface area contributed by atoms with Gasteiger partial charge in [-0.3, -0.25) is 4.79 Å². The molecule has 0 saturated heterocycles. The maximum absolute atomic E-state index is 12.8. The first-order chi connectivity index (χ1) is 12.7. The number of halogens is 1. The number of nitrogens with zero attached hydrogens (tertiary/aromatic N) is 4. The molecule has 3 aromatic rings. The van der Waals surface area contributed by atoms with Crippen LogP contribution in [0.15, 0.2) is 54.9 Å². The molecule has 0 spiro atoms. The lowest BCUT2D eigenvalue weighted by Gasteiger charge is -2.42. The predicted octanol–water partition coefficient (Wildman–Crippen LogP) is 3.17. The molecule has 7 heteroatoms. The van der Waals surface area contributed by atoms with Crippen molar-refractivity contribution in [1.82, 2.24) is 25.5 Å². The zero-order valence-electron chi connectivity index (χ0n) is 14.1. The number of carbonyl (C=O) groups excluding carboxylic acids is 1. The van der Waals surface area contributed by atoms with E-state index < -0.39 is 0 Å². The largest absolute Gasteiger partial charge is 0.351 e. The summed E-state index contributed by atoms with van der Waals surface area (Å²) in [7, 11) is 0. The van der Waals surface area contributed by atoms with Crippen molar-refractivity contribution in [3.8, 4) is 5.69 Å². The highest BCUT2D eigenvalue weighted by Crippen LogP contribution is 2.43. The van der Waals surface area contributed by atoms with Crippen molar-refractivity contribution in [2.75, 3.05) is 6.54 Å². The second-order valence-corrected chi connectivity index (χ2v) is 7.03. The summed E-state index contributed by atoms with van der Waals surface area (Å²) in [6.45, 7) is 0.595. The number of amides is 1. The molecule has 4 rings (SSSR count). The van der Waals surface area contributed by atoms with Gasteiger partial charge in [-0.15, -0.1) is 5.10 Å². The van der Waals surface area contributed by atoms with Crippen LogP contribution in [0.25, 0.3) is 5.69 Å². The van der Waals surface area contributed by atoms with Gasteiger partial charge in [0.2, 0.25) is 0 Å². The molecule has 1 fully saturated rings. The third-order valence-electron chi connectivity index (χ3n) is 5.10. The zero-order valence-corrected chi connectivity index (χ0v) is 14.9. The molecule has 0 radical (unpaired) electrons. The second kappa shape index (κ2) is 6.88. The van der Waals surface area contributed by atoms with Crippen LogP contribution in [-0.2, 0) is 5.41 Å². The third-order valence-corrected chi connectivity index (χ3v) is 5.35. The van der Waals surface area contributed by atoms with E-state index >= 15 is 0 Å². The second-order valence-electron chi connectivity index (χ2n) is 6.59. The highest BCUT2D eigenvalue weighted by atomic mass is 35.5. The van der Waals surface area contributed by atoms with Gasteiger partial charge in [-0.1, -0.05) is 42.3 Å². The summed E-state index contributed by atoms with van der Waals surface area (Å²) in [4.78, 5) is 12.8. The van der Waals surface area contributed by atoms with Crippen LogP contribution in [0.5, 0.6) is 0 Å². The molecule has 1 heterocycles. The minimum Gasteiger partial charge on any atom is -0.351 e. The molecule has 1 aromatic heterocycles. The molecule has 26 heavy (non-hydrogen) atoms. The van der Waals surface area contributed by atoms with E-state index in [4.69, 9.17) is 11.6 Å². The quantitative estimate of drug-likeness (QED) is 0.751. The Labute approximate surface area is 156 Å². The van der Waals surface area contributed by atoms with Gasteiger partial charge in [0.25, 0.3) is 5.91 Å². The van der Waals surface area contributed by atoms with Crippen molar-refractivity contribution in [3.05, 3.63) is 71.0 Å². The smallest absolute Gasteiger partial charge is 0.253 e. The van der Waals surface area contributed by atoms with Gasteiger partial charge >= 0.3 is 0 Å². The highest BCUT2D eigenvalue weighted by molar-refractivity contribution is 6.30. The number of tetrazole rings is 1. The van der Waals surface area contributed by atoms with E-state index in [1.165, 1.54) is 23.0 Å². The van der Waals surface area contributed by atoms with E-state index in [0.29, 0.717) is 17.8 Å². The average Bonchev–Trinajstić information content (AvgIpc) is 3.16. The van der Waals surface area contributed by atoms with E-state index in [1.807, 2.05) is 30.3 Å². The number of nitrogens with one attached hydrogen (secondary N) is 1. The normalized spacial score (nSPS) is 15.3. The molecule has 6 nitrogen and oxygen atoms in total. The minimum atomic E-state index is -0.128. The van der Waals surface area contributed by atoms with Crippen LogP contribution in [0.2, 0.25) is 5.02 Å². The molecule has 2 aromatic carbocycles. The lowest BCUT2D eigenvalue weighted by Crippen LogP contribution is -2.45. The summed E-state index contributed by atoms with van der Waals surface area (Å²) < 4.78 is 1.49. The van der Waals surface area contributed by atoms with Crippen LogP contribution in [0, 0.1) is 0 Å². The molecular weight excluding hydrogens is 350 g/mol. The van der Waals surface area contributed by atoms with Crippen molar-refractivity contribution >= 4 is 17.5 Å². The lowest BCUT2D eigenvalue weighted by atomic mass is 9.64. The summed E-state index contributed by atoms with van der Waals surface area (Å²) in [5.41, 5.74) is 2.42. The van der Waals surface area contributed by atoms with E-state index in [9.17, 15) is 4.79 Å². The molecular formula is C19H18ClN5O. The van der Waals surface area contributed by atoms with Crippen molar-refractivity contribution < 1.29 is 4.79 Å². The number of para-hydroxylation sites is 1. The molecule has 1 amide bonds. The SMILES string of the molecule is O=C(NCC1(c2ccc(Cl)cc2)CCC1)c1ccccc1-n1cnnn1. The minimum absolute atomic E-state index is 0.00992. The van der Waals surface area contributed by atoms with Crippen LogP contribution >= 0.6 is 11.6 Å². The fourth-order valence-corrected chi connectivity index (χ4v) is 3.58. The molecule has 0 unspecified atom stereocenters. The Bertz CT molecular complexity index is 904. The van der Waals surface area contributed by atoms with Gasteiger partial charge in [-0.25, -0.2) is 0 Å². The fraction of sp³-hybridized carbons (Fsp3) is 0.263. The Balaban J connectivity index is 1.53. The third kappa shape index (κ3) is 3.08. The Morgan fingerprint density at radius 1 is 1.15 bits per heavy atom. The fourth-order valence-electron chi connectivity index (χ4n) is 3.46. The molecule has 1 aliphatic rings. The van der Waals surface area contributed by atoms with E-state index in [-0.39, 0.29) is 11.3 Å². The van der Waals surface area contributed by atoms with Gasteiger partial charge < -0.3 is 5.32 Å². The monoisotopic (exact) mass is 367 g/mol. The van der Waals surface area contributed by atoms with Crippen molar-refractivity contribution in [2.45, 2.75) is 24.7 Å². The molecule has 132 valence electrons. The first-order valence-electron chi connectivity index (χ1n) is 8.55. The van der Waals surface area contributed by atoms with E-state index in [0.717, 1.165) is 17.9 Å². The van der Waals surface area contributed by atoms with Gasteiger partial charge in [0.15, 0.2) is 0 Å². The summed E-state index contributed by atoms with van der Waals surface area (Å²) >= 11 is 6.01. The number of carbonyl (C=O) groups is 1. The van der Waals surface area contributed by atoms with Gasteiger partial charge in [0.05, 0.1) is 11.3 Å². The predicted molar refractivity (Wildman–Crippen MR) is 98.5 cm³/mol. The number of aromatic nitrogens is 4. The Hall–Kier alpha value is -2.73. The van der Waals surface area contributed by atoms with Crippen LogP contribution in [0.1, 0.15) is 35.2 Å². The van der Waals surface area contributed by atoms with E-state index in [2.05, 4.69) is 33.0 Å². The van der Waals surface area contributed by atoms with Crippen molar-refractivity contribution in [3.63, 3.8) is 0 Å². The summed E-state index contributed by atoms with van der Waals surface area (Å²) in [5, 5.41) is 15.0. The first kappa shape index (κ1) is 16.7. The molecule has 0 aliphatic heterocycles. The van der Waals surface area contributed by atoms with Gasteiger partial charge in [0, 0.05) is 17.0 Å². The topological polar surface area (TPSA) is 72.7 Å². The molecule has 1 N–H and O–H groups in total. The van der Waals surface area contributed by atoms with Gasteiger partial charge in [0.1, 0.15) is 6.33 Å². The molecule has 1 saturated carbocycles. The van der Waals surface area contributed by atoms with Gasteiger partial charge in [-0.05, 0) is 53.1 Å². The molecule has 0 atom stereocenters. The maximum Gasteiger partial charge on any atom is 0.253 e. The number of hydrogen-bond donors (Lipinski definition) is 1. The lowest BCUT2D eigenvalue weighted by molar-refractivity contribution is 0.0927. The Kier molecular flexibility index (Phi) is 4.42. The summed E-state index contributed by atoms with van der Waals surface area (Å²) in [6, 6.07) is 15.2. The highest BCUT2D eigenvalue weighted by Gasteiger charge is 2.39. The maximum atomic E-state index is 12.8. The number of rotatable bonds is 5. The van der Waals surface area contributed by atoms with Crippen LogP contribution < -0.4 is 5.32 Å². The van der Waals surface area contributed by atoms with Crippen LogP contribution in [0.3, 0.4) is 0 Å². The number of hydrogen-bond acceptors (Lipinski definition) is 4. The first-order valence-corrected chi connectivity index (χ1v) is 8.92. The Morgan fingerprint density at radius 2 is 1.92 bits per heavy atom. The summed E-state index contributed by atoms with van der Waals surface area (Å²) in [6.07, 6.45) is 4.76.